The van der Waals surface area contributed by atoms with Gasteiger partial charge >= 0.3 is 6.18 Å². The smallest absolute Gasteiger partial charge is 0.339 e. The Morgan fingerprint density at radius 2 is 1.84 bits per heavy atom. The molecular formula is C11H6BrF4N3. The van der Waals surface area contributed by atoms with Crippen molar-refractivity contribution in [1.29, 1.82) is 0 Å². The average Bonchev–Trinajstić information content (AvgIpc) is 2.30. The second-order valence-corrected chi connectivity index (χ2v) is 4.40. The highest BCUT2D eigenvalue weighted by Crippen LogP contribution is 2.34. The monoisotopic (exact) mass is 335 g/mol. The lowest BCUT2D eigenvalue weighted by atomic mass is 10.2. The van der Waals surface area contributed by atoms with Crippen LogP contribution in [0.2, 0.25) is 0 Å². The largest absolute Gasteiger partial charge is 0.416 e. The highest BCUT2D eigenvalue weighted by molar-refractivity contribution is 9.10. The number of aromatic nitrogens is 2. The molecule has 100 valence electrons. The number of hydrogen-bond donors (Lipinski definition) is 1. The van der Waals surface area contributed by atoms with E-state index in [4.69, 9.17) is 0 Å². The third-order valence-electron chi connectivity index (χ3n) is 2.19. The zero-order valence-corrected chi connectivity index (χ0v) is 10.8. The van der Waals surface area contributed by atoms with Gasteiger partial charge in [-0.2, -0.15) is 17.6 Å². The van der Waals surface area contributed by atoms with Crippen LogP contribution < -0.4 is 5.32 Å². The second-order valence-electron chi connectivity index (χ2n) is 3.54. The Bertz CT molecular complexity index is 601. The van der Waals surface area contributed by atoms with E-state index in [1.54, 1.807) is 0 Å². The summed E-state index contributed by atoms with van der Waals surface area (Å²) in [5, 5.41) is 2.59. The Balaban J connectivity index is 2.34. The summed E-state index contributed by atoms with van der Waals surface area (Å²) < 4.78 is 51.0. The zero-order valence-electron chi connectivity index (χ0n) is 9.17. The van der Waals surface area contributed by atoms with E-state index in [0.717, 1.165) is 24.5 Å². The van der Waals surface area contributed by atoms with Gasteiger partial charge in [0.15, 0.2) is 0 Å². The standard InChI is InChI=1S/C11H6BrF4N3/c12-7-2-1-6(11(14,15)16)3-8(7)19-10-4-9(13)17-5-18-10/h1-5H,(H,17,18,19). The molecule has 3 nitrogen and oxygen atoms in total. The van der Waals surface area contributed by atoms with Gasteiger partial charge in [0, 0.05) is 10.5 Å². The Labute approximate surface area is 113 Å². The highest BCUT2D eigenvalue weighted by Gasteiger charge is 2.30. The fraction of sp³-hybridized carbons (Fsp3) is 0.0909. The van der Waals surface area contributed by atoms with E-state index in [9.17, 15) is 17.6 Å². The maximum atomic E-state index is 12.9. The van der Waals surface area contributed by atoms with Crippen LogP contribution in [-0.2, 0) is 6.18 Å². The number of alkyl halides is 3. The van der Waals surface area contributed by atoms with Gasteiger partial charge in [0.25, 0.3) is 0 Å². The van der Waals surface area contributed by atoms with Crippen molar-refractivity contribution in [2.45, 2.75) is 6.18 Å². The Morgan fingerprint density at radius 1 is 1.11 bits per heavy atom. The fourth-order valence-electron chi connectivity index (χ4n) is 1.34. The van der Waals surface area contributed by atoms with E-state index in [1.165, 1.54) is 6.07 Å². The summed E-state index contributed by atoms with van der Waals surface area (Å²) in [5.74, 6) is -0.715. The first-order valence-corrected chi connectivity index (χ1v) is 5.77. The molecule has 2 rings (SSSR count). The molecule has 0 spiro atoms. The molecule has 0 atom stereocenters. The number of anilines is 2. The number of nitrogens with one attached hydrogen (secondary N) is 1. The molecule has 0 unspecified atom stereocenters. The third-order valence-corrected chi connectivity index (χ3v) is 2.88. The molecule has 2 aromatic rings. The van der Waals surface area contributed by atoms with E-state index >= 15 is 0 Å². The van der Waals surface area contributed by atoms with E-state index in [2.05, 4.69) is 31.2 Å². The van der Waals surface area contributed by atoms with Crippen LogP contribution in [-0.4, -0.2) is 9.97 Å². The maximum absolute atomic E-state index is 12.9. The molecule has 1 N–H and O–H groups in total. The zero-order chi connectivity index (χ0) is 14.0. The van der Waals surface area contributed by atoms with Gasteiger partial charge in [-0.1, -0.05) is 0 Å². The van der Waals surface area contributed by atoms with Crippen LogP contribution >= 0.6 is 15.9 Å². The van der Waals surface area contributed by atoms with Gasteiger partial charge in [-0.3, -0.25) is 0 Å². The Morgan fingerprint density at radius 3 is 2.47 bits per heavy atom. The first-order chi connectivity index (χ1) is 8.86. The number of hydrogen-bond acceptors (Lipinski definition) is 3. The lowest BCUT2D eigenvalue weighted by molar-refractivity contribution is -0.137. The minimum atomic E-state index is -4.45. The van der Waals surface area contributed by atoms with Crippen LogP contribution in [0.3, 0.4) is 0 Å². The van der Waals surface area contributed by atoms with E-state index in [-0.39, 0.29) is 11.5 Å². The summed E-state index contributed by atoms with van der Waals surface area (Å²) in [5.41, 5.74) is -0.680. The van der Waals surface area contributed by atoms with Gasteiger partial charge in [0.2, 0.25) is 5.95 Å². The molecule has 1 aromatic heterocycles. The van der Waals surface area contributed by atoms with Crippen molar-refractivity contribution >= 4 is 27.4 Å². The van der Waals surface area contributed by atoms with Crippen molar-refractivity contribution in [2.24, 2.45) is 0 Å². The Kier molecular flexibility index (Phi) is 3.70. The molecule has 0 saturated carbocycles. The van der Waals surface area contributed by atoms with Gasteiger partial charge in [0.1, 0.15) is 12.1 Å². The fourth-order valence-corrected chi connectivity index (χ4v) is 1.68. The summed E-state index contributed by atoms with van der Waals surface area (Å²) in [6, 6.07) is 4.08. The molecule has 0 aliphatic rings. The number of rotatable bonds is 2. The SMILES string of the molecule is Fc1cc(Nc2cc(C(F)(F)F)ccc2Br)ncn1. The van der Waals surface area contributed by atoms with Crippen LogP contribution in [0.4, 0.5) is 29.1 Å². The van der Waals surface area contributed by atoms with E-state index in [1.807, 2.05) is 0 Å². The van der Waals surface area contributed by atoms with E-state index < -0.39 is 17.7 Å². The van der Waals surface area contributed by atoms with Gasteiger partial charge in [-0.15, -0.1) is 0 Å². The van der Waals surface area contributed by atoms with Crippen molar-refractivity contribution in [2.75, 3.05) is 5.32 Å². The molecule has 0 aliphatic heterocycles. The van der Waals surface area contributed by atoms with Crippen LogP contribution in [0.25, 0.3) is 0 Å². The van der Waals surface area contributed by atoms with Crippen molar-refractivity contribution in [3.8, 4) is 0 Å². The quantitative estimate of drug-likeness (QED) is 0.662. The number of nitrogens with zero attached hydrogens (tertiary/aromatic N) is 2. The molecular weight excluding hydrogens is 330 g/mol. The molecule has 8 heteroatoms. The summed E-state index contributed by atoms with van der Waals surface area (Å²) in [6.07, 6.45) is -3.48. The predicted octanol–water partition coefficient (Wildman–Crippen LogP) is 4.14. The molecule has 0 saturated heterocycles. The Hall–Kier alpha value is -1.70. The maximum Gasteiger partial charge on any atom is 0.416 e. The molecule has 0 fully saturated rings. The third kappa shape index (κ3) is 3.40. The van der Waals surface area contributed by atoms with Crippen LogP contribution in [0.5, 0.6) is 0 Å². The van der Waals surface area contributed by atoms with Crippen molar-refractivity contribution in [3.63, 3.8) is 0 Å². The van der Waals surface area contributed by atoms with Crippen LogP contribution in [0, 0.1) is 5.95 Å². The van der Waals surface area contributed by atoms with Gasteiger partial charge in [0.05, 0.1) is 11.3 Å². The molecule has 0 bridgehead atoms. The molecule has 0 amide bonds. The molecule has 19 heavy (non-hydrogen) atoms. The number of halogens is 5. The molecule has 1 aromatic carbocycles. The normalized spacial score (nSPS) is 11.4. The minimum Gasteiger partial charge on any atom is -0.339 e. The van der Waals surface area contributed by atoms with E-state index in [0.29, 0.717) is 4.47 Å². The molecule has 1 heterocycles. The lowest BCUT2D eigenvalue weighted by Crippen LogP contribution is -2.06. The lowest BCUT2D eigenvalue weighted by Gasteiger charge is -2.11. The highest BCUT2D eigenvalue weighted by atomic mass is 79.9. The summed E-state index contributed by atoms with van der Waals surface area (Å²) >= 11 is 3.11. The van der Waals surface area contributed by atoms with Gasteiger partial charge in [-0.05, 0) is 34.1 Å². The topological polar surface area (TPSA) is 37.8 Å². The van der Waals surface area contributed by atoms with Crippen LogP contribution in [0.15, 0.2) is 35.1 Å². The van der Waals surface area contributed by atoms with Crippen LogP contribution in [0.1, 0.15) is 5.56 Å². The minimum absolute atomic E-state index is 0.0625. The average molecular weight is 336 g/mol. The predicted molar refractivity (Wildman–Crippen MR) is 64.4 cm³/mol. The molecule has 0 radical (unpaired) electrons. The number of benzene rings is 1. The first kappa shape index (κ1) is 13.7. The second kappa shape index (κ2) is 5.12. The van der Waals surface area contributed by atoms with Crippen molar-refractivity contribution in [1.82, 2.24) is 9.97 Å². The first-order valence-electron chi connectivity index (χ1n) is 4.97. The molecule has 0 aliphatic carbocycles. The van der Waals surface area contributed by atoms with Crippen molar-refractivity contribution < 1.29 is 17.6 Å². The summed E-state index contributed by atoms with van der Waals surface area (Å²) in [6.45, 7) is 0. The van der Waals surface area contributed by atoms with Crippen molar-refractivity contribution in [3.05, 3.63) is 46.6 Å². The van der Waals surface area contributed by atoms with Gasteiger partial charge < -0.3 is 5.32 Å². The summed E-state index contributed by atoms with van der Waals surface area (Å²) in [4.78, 5) is 6.95. The summed E-state index contributed by atoms with van der Waals surface area (Å²) in [7, 11) is 0. The van der Waals surface area contributed by atoms with Gasteiger partial charge in [-0.25, -0.2) is 9.97 Å².